The van der Waals surface area contributed by atoms with E-state index in [9.17, 15) is 9.18 Å². The lowest BCUT2D eigenvalue weighted by Crippen LogP contribution is -2.25. The summed E-state index contributed by atoms with van der Waals surface area (Å²) in [5, 5.41) is 8.49. The average Bonchev–Trinajstić information content (AvgIpc) is 2.96. The molecule has 0 saturated heterocycles. The molecule has 150 valence electrons. The van der Waals surface area contributed by atoms with E-state index in [0.29, 0.717) is 5.75 Å². The maximum absolute atomic E-state index is 13.1. The first kappa shape index (κ1) is 20.3. The summed E-state index contributed by atoms with van der Waals surface area (Å²) in [6, 6.07) is 11.9. The quantitative estimate of drug-likeness (QED) is 0.511. The first-order chi connectivity index (χ1) is 13.9. The van der Waals surface area contributed by atoms with Crippen LogP contribution in [-0.2, 0) is 4.79 Å². The number of hydrazone groups is 1. The minimum Gasteiger partial charge on any atom is -0.483 e. The fourth-order valence-corrected chi connectivity index (χ4v) is 3.04. The summed E-state index contributed by atoms with van der Waals surface area (Å²) in [5.74, 6) is 0.0481. The lowest BCUT2D eigenvalue weighted by atomic mass is 10.1. The highest BCUT2D eigenvalue weighted by molar-refractivity contribution is 5.85. The maximum atomic E-state index is 13.1. The van der Waals surface area contributed by atoms with Crippen molar-refractivity contribution < 1.29 is 13.9 Å². The Bertz CT molecular complexity index is 1040. The van der Waals surface area contributed by atoms with Crippen LogP contribution in [0.1, 0.15) is 28.1 Å². The van der Waals surface area contributed by atoms with Gasteiger partial charge in [0, 0.05) is 5.56 Å². The number of para-hydroxylation sites is 1. The fourth-order valence-electron chi connectivity index (χ4n) is 3.04. The van der Waals surface area contributed by atoms with Crippen molar-refractivity contribution in [3.05, 3.63) is 76.4 Å². The predicted molar refractivity (Wildman–Crippen MR) is 110 cm³/mol. The van der Waals surface area contributed by atoms with Crippen LogP contribution in [-0.4, -0.2) is 28.5 Å². The Kier molecular flexibility index (Phi) is 6.07. The molecule has 0 bridgehead atoms. The van der Waals surface area contributed by atoms with E-state index in [1.54, 1.807) is 23.0 Å². The Hall–Kier alpha value is -3.48. The first-order valence-electron chi connectivity index (χ1n) is 9.20. The van der Waals surface area contributed by atoms with Crippen molar-refractivity contribution in [3.8, 4) is 11.4 Å². The highest BCUT2D eigenvalue weighted by Gasteiger charge is 2.12. The van der Waals surface area contributed by atoms with Gasteiger partial charge in [0.2, 0.25) is 0 Å². The third kappa shape index (κ3) is 4.68. The van der Waals surface area contributed by atoms with Crippen molar-refractivity contribution in [3.63, 3.8) is 0 Å². The Labute approximate surface area is 169 Å². The topological polar surface area (TPSA) is 68.5 Å². The van der Waals surface area contributed by atoms with E-state index in [2.05, 4.69) is 15.6 Å². The van der Waals surface area contributed by atoms with E-state index in [1.807, 2.05) is 45.9 Å². The summed E-state index contributed by atoms with van der Waals surface area (Å²) in [4.78, 5) is 12.1. The zero-order chi connectivity index (χ0) is 21.0. The smallest absolute Gasteiger partial charge is 0.277 e. The number of carbonyl (C=O) groups is 1. The van der Waals surface area contributed by atoms with E-state index in [-0.39, 0.29) is 18.3 Å². The Morgan fingerprint density at radius 3 is 2.45 bits per heavy atom. The molecule has 0 atom stereocenters. The van der Waals surface area contributed by atoms with Gasteiger partial charge < -0.3 is 4.74 Å². The molecular weight excluding hydrogens is 371 g/mol. The number of nitrogens with one attached hydrogen (secondary N) is 1. The number of rotatable bonds is 6. The number of ether oxygens (including phenoxy) is 1. The van der Waals surface area contributed by atoms with Gasteiger partial charge in [-0.1, -0.05) is 18.2 Å². The van der Waals surface area contributed by atoms with E-state index < -0.39 is 0 Å². The van der Waals surface area contributed by atoms with Crippen molar-refractivity contribution >= 4 is 12.1 Å². The second-order valence-corrected chi connectivity index (χ2v) is 6.78. The highest BCUT2D eigenvalue weighted by atomic mass is 19.1. The van der Waals surface area contributed by atoms with Crippen molar-refractivity contribution in [2.45, 2.75) is 27.7 Å². The number of aromatic nitrogens is 2. The Balaban J connectivity index is 1.64. The molecule has 29 heavy (non-hydrogen) atoms. The van der Waals surface area contributed by atoms with Crippen LogP contribution < -0.4 is 10.2 Å². The molecule has 0 fully saturated rings. The van der Waals surface area contributed by atoms with Gasteiger partial charge in [-0.05, 0) is 63.1 Å². The van der Waals surface area contributed by atoms with E-state index in [0.717, 1.165) is 33.8 Å². The summed E-state index contributed by atoms with van der Waals surface area (Å²) in [6.45, 7) is 7.47. The standard InChI is InChI=1S/C22H23FN4O2/c1-14-6-5-7-15(2)22(14)29-13-21(28)25-24-12-20-16(3)26-27(17(20)4)19-10-8-18(23)9-11-19/h5-12H,13H2,1-4H3,(H,25,28)/b24-12-. The zero-order valence-electron chi connectivity index (χ0n) is 16.9. The average molecular weight is 394 g/mol. The molecule has 7 heteroatoms. The van der Waals surface area contributed by atoms with Gasteiger partial charge in [0.1, 0.15) is 11.6 Å². The summed E-state index contributed by atoms with van der Waals surface area (Å²) in [7, 11) is 0. The number of carbonyl (C=O) groups excluding carboxylic acids is 1. The van der Waals surface area contributed by atoms with Crippen LogP contribution in [0, 0.1) is 33.5 Å². The van der Waals surface area contributed by atoms with Gasteiger partial charge in [0.25, 0.3) is 5.91 Å². The first-order valence-corrected chi connectivity index (χ1v) is 9.20. The maximum Gasteiger partial charge on any atom is 0.277 e. The minimum absolute atomic E-state index is 0.129. The summed E-state index contributed by atoms with van der Waals surface area (Å²) < 4.78 is 20.5. The Morgan fingerprint density at radius 1 is 1.14 bits per heavy atom. The molecule has 2 aromatic carbocycles. The number of hydrogen-bond acceptors (Lipinski definition) is 4. The molecule has 1 amide bonds. The SMILES string of the molecule is Cc1cccc(C)c1OCC(=O)N/N=C\c1c(C)nn(-c2ccc(F)cc2)c1C. The number of benzene rings is 2. The normalized spacial score (nSPS) is 11.1. The van der Waals surface area contributed by atoms with Crippen LogP contribution in [0.2, 0.25) is 0 Å². The largest absolute Gasteiger partial charge is 0.483 e. The molecule has 0 saturated carbocycles. The molecule has 3 rings (SSSR count). The van der Waals surface area contributed by atoms with Gasteiger partial charge >= 0.3 is 0 Å². The molecule has 0 aliphatic heterocycles. The Morgan fingerprint density at radius 2 is 1.79 bits per heavy atom. The molecule has 0 spiro atoms. The van der Waals surface area contributed by atoms with Crippen molar-refractivity contribution in [2.75, 3.05) is 6.61 Å². The molecule has 1 aromatic heterocycles. The molecule has 3 aromatic rings. The van der Waals surface area contributed by atoms with Crippen LogP contribution in [0.15, 0.2) is 47.6 Å². The van der Waals surface area contributed by atoms with Crippen LogP contribution in [0.5, 0.6) is 5.75 Å². The van der Waals surface area contributed by atoms with Gasteiger partial charge in [-0.2, -0.15) is 10.2 Å². The summed E-state index contributed by atoms with van der Waals surface area (Å²) >= 11 is 0. The molecule has 1 heterocycles. The van der Waals surface area contributed by atoms with Crippen molar-refractivity contribution in [1.82, 2.24) is 15.2 Å². The molecule has 0 aliphatic rings. The second-order valence-electron chi connectivity index (χ2n) is 6.78. The second kappa shape index (κ2) is 8.68. The molecule has 6 nitrogen and oxygen atoms in total. The summed E-state index contributed by atoms with van der Waals surface area (Å²) in [5.41, 5.74) is 7.53. The van der Waals surface area contributed by atoms with Crippen LogP contribution in [0.25, 0.3) is 5.69 Å². The van der Waals surface area contributed by atoms with Crippen molar-refractivity contribution in [2.24, 2.45) is 5.10 Å². The highest BCUT2D eigenvalue weighted by Crippen LogP contribution is 2.22. The van der Waals surface area contributed by atoms with E-state index in [1.165, 1.54) is 12.1 Å². The molecule has 0 aliphatic carbocycles. The van der Waals surface area contributed by atoms with Crippen LogP contribution >= 0.6 is 0 Å². The molecular formula is C22H23FN4O2. The van der Waals surface area contributed by atoms with E-state index in [4.69, 9.17) is 4.74 Å². The number of aryl methyl sites for hydroxylation is 3. The van der Waals surface area contributed by atoms with Gasteiger partial charge in [0.15, 0.2) is 6.61 Å². The molecule has 1 N–H and O–H groups in total. The zero-order valence-corrected chi connectivity index (χ0v) is 16.9. The van der Waals surface area contributed by atoms with Gasteiger partial charge in [-0.15, -0.1) is 0 Å². The number of nitrogens with zero attached hydrogens (tertiary/aromatic N) is 3. The molecule has 0 unspecified atom stereocenters. The number of amides is 1. The van der Waals surface area contributed by atoms with Gasteiger partial charge in [0.05, 0.1) is 23.3 Å². The van der Waals surface area contributed by atoms with Gasteiger partial charge in [-0.25, -0.2) is 14.5 Å². The summed E-state index contributed by atoms with van der Waals surface area (Å²) in [6.07, 6.45) is 1.55. The fraction of sp³-hybridized carbons (Fsp3) is 0.227. The van der Waals surface area contributed by atoms with E-state index >= 15 is 0 Å². The predicted octanol–water partition coefficient (Wildman–Crippen LogP) is 3.77. The monoisotopic (exact) mass is 394 g/mol. The minimum atomic E-state index is -0.356. The van der Waals surface area contributed by atoms with Crippen LogP contribution in [0.3, 0.4) is 0 Å². The third-order valence-corrected chi connectivity index (χ3v) is 4.56. The van der Waals surface area contributed by atoms with Crippen molar-refractivity contribution in [1.29, 1.82) is 0 Å². The lowest BCUT2D eigenvalue weighted by Gasteiger charge is -2.10. The lowest BCUT2D eigenvalue weighted by molar-refractivity contribution is -0.123. The molecule has 0 radical (unpaired) electrons. The number of halogens is 1. The number of hydrogen-bond donors (Lipinski definition) is 1. The van der Waals surface area contributed by atoms with Gasteiger partial charge in [-0.3, -0.25) is 4.79 Å². The third-order valence-electron chi connectivity index (χ3n) is 4.56. The van der Waals surface area contributed by atoms with Crippen LogP contribution in [0.4, 0.5) is 4.39 Å².